The van der Waals surface area contributed by atoms with Gasteiger partial charge in [-0.15, -0.1) is 0 Å². The maximum absolute atomic E-state index is 12.7. The second kappa shape index (κ2) is 9.85. The molecular weight excluding hydrogens is 360 g/mol. The second-order valence-electron chi connectivity index (χ2n) is 7.76. The van der Waals surface area contributed by atoms with E-state index in [0.717, 1.165) is 31.6 Å². The van der Waals surface area contributed by atoms with Gasteiger partial charge in [0.25, 0.3) is 0 Å². The molecule has 6 nitrogen and oxygen atoms in total. The van der Waals surface area contributed by atoms with Crippen LogP contribution in [-0.2, 0) is 10.0 Å². The van der Waals surface area contributed by atoms with Gasteiger partial charge in [-0.1, -0.05) is 26.2 Å². The molecular formula is C20H34N4O2S. The van der Waals surface area contributed by atoms with Gasteiger partial charge >= 0.3 is 0 Å². The molecule has 7 heteroatoms. The van der Waals surface area contributed by atoms with E-state index >= 15 is 0 Å². The molecule has 3 rings (SSSR count). The minimum Gasteiger partial charge on any atom is -0.369 e. The summed E-state index contributed by atoms with van der Waals surface area (Å²) in [6.07, 6.45) is 10.8. The highest BCUT2D eigenvalue weighted by Crippen LogP contribution is 2.21. The molecule has 1 N–H and O–H groups in total. The normalized spacial score (nSPS) is 22.6. The highest BCUT2D eigenvalue weighted by atomic mass is 32.2. The summed E-state index contributed by atoms with van der Waals surface area (Å²) in [5, 5.41) is 3.42. The van der Waals surface area contributed by atoms with Crippen molar-refractivity contribution in [3.8, 4) is 0 Å². The van der Waals surface area contributed by atoms with Crippen molar-refractivity contribution in [1.82, 2.24) is 14.2 Å². The lowest BCUT2D eigenvalue weighted by Crippen LogP contribution is -2.44. The Morgan fingerprint density at radius 2 is 1.89 bits per heavy atom. The monoisotopic (exact) mass is 394 g/mol. The van der Waals surface area contributed by atoms with Gasteiger partial charge in [0.15, 0.2) is 0 Å². The Bertz CT molecular complexity index is 672. The van der Waals surface area contributed by atoms with Crippen molar-refractivity contribution in [2.45, 2.75) is 69.2 Å². The van der Waals surface area contributed by atoms with Crippen molar-refractivity contribution in [1.29, 1.82) is 0 Å². The van der Waals surface area contributed by atoms with Crippen LogP contribution in [0.2, 0.25) is 0 Å². The second-order valence-corrected chi connectivity index (χ2v) is 9.70. The first kappa shape index (κ1) is 20.6. The van der Waals surface area contributed by atoms with Gasteiger partial charge in [0.2, 0.25) is 10.0 Å². The number of anilines is 1. The van der Waals surface area contributed by atoms with Crippen molar-refractivity contribution in [2.24, 2.45) is 0 Å². The predicted molar refractivity (Wildman–Crippen MR) is 109 cm³/mol. The Morgan fingerprint density at radius 3 is 2.59 bits per heavy atom. The molecule has 0 aliphatic carbocycles. The number of unbranched alkanes of at least 4 members (excludes halogenated alkanes) is 1. The molecule has 0 amide bonds. The third kappa shape index (κ3) is 5.42. The molecule has 2 fully saturated rings. The van der Waals surface area contributed by atoms with Gasteiger partial charge in [-0.2, -0.15) is 4.31 Å². The molecule has 1 unspecified atom stereocenters. The SMILES string of the molecule is CCCCN1CCCCC1CNc1ccc(S(=O)(=O)N2CCCCC2)cn1. The minimum atomic E-state index is -3.40. The summed E-state index contributed by atoms with van der Waals surface area (Å²) >= 11 is 0. The molecule has 3 heterocycles. The van der Waals surface area contributed by atoms with E-state index in [2.05, 4.69) is 22.1 Å². The number of rotatable bonds is 8. The standard InChI is InChI=1S/C20H34N4O2S/c1-2-3-12-23-13-8-5-9-18(23)16-21-20-11-10-19(17-22-20)27(25,26)24-14-6-4-7-15-24/h10-11,17-18H,2-9,12-16H2,1H3,(H,21,22). The zero-order valence-corrected chi connectivity index (χ0v) is 17.4. The van der Waals surface area contributed by atoms with Gasteiger partial charge in [-0.25, -0.2) is 13.4 Å². The van der Waals surface area contributed by atoms with Gasteiger partial charge in [-0.05, 0) is 57.3 Å². The first-order valence-corrected chi connectivity index (χ1v) is 12.0. The number of hydrogen-bond donors (Lipinski definition) is 1. The number of sulfonamides is 1. The fourth-order valence-electron chi connectivity index (χ4n) is 4.06. The number of aromatic nitrogens is 1. The van der Waals surface area contributed by atoms with Crippen LogP contribution >= 0.6 is 0 Å². The van der Waals surface area contributed by atoms with E-state index in [1.54, 1.807) is 16.4 Å². The van der Waals surface area contributed by atoms with E-state index in [1.165, 1.54) is 51.4 Å². The largest absolute Gasteiger partial charge is 0.369 e. The van der Waals surface area contributed by atoms with E-state index in [0.29, 0.717) is 24.0 Å². The van der Waals surface area contributed by atoms with Crippen LogP contribution in [0.1, 0.15) is 58.3 Å². The molecule has 2 saturated heterocycles. The fraction of sp³-hybridized carbons (Fsp3) is 0.750. The summed E-state index contributed by atoms with van der Waals surface area (Å²) < 4.78 is 27.0. The molecule has 1 aromatic heterocycles. The van der Waals surface area contributed by atoms with E-state index in [4.69, 9.17) is 0 Å². The number of piperidine rings is 2. The van der Waals surface area contributed by atoms with Crippen LogP contribution in [0.25, 0.3) is 0 Å². The first-order valence-electron chi connectivity index (χ1n) is 10.6. The summed E-state index contributed by atoms with van der Waals surface area (Å²) in [6.45, 7) is 6.71. The molecule has 0 radical (unpaired) electrons. The Kier molecular flexibility index (Phi) is 7.49. The Hall–Kier alpha value is -1.18. The van der Waals surface area contributed by atoms with Crippen molar-refractivity contribution in [3.05, 3.63) is 18.3 Å². The summed E-state index contributed by atoms with van der Waals surface area (Å²) in [5.74, 6) is 0.758. The average Bonchev–Trinajstić information content (AvgIpc) is 2.72. The molecule has 1 atom stereocenters. The summed E-state index contributed by atoms with van der Waals surface area (Å²) in [4.78, 5) is 7.27. The van der Waals surface area contributed by atoms with Gasteiger partial charge in [0.05, 0.1) is 0 Å². The highest BCUT2D eigenvalue weighted by Gasteiger charge is 2.26. The molecule has 0 bridgehead atoms. The van der Waals surface area contributed by atoms with Crippen LogP contribution in [0.4, 0.5) is 5.82 Å². The molecule has 1 aromatic rings. The van der Waals surface area contributed by atoms with Crippen molar-refractivity contribution >= 4 is 15.8 Å². The molecule has 0 spiro atoms. The fourth-order valence-corrected chi connectivity index (χ4v) is 5.52. The van der Waals surface area contributed by atoms with Gasteiger partial charge in [0, 0.05) is 31.9 Å². The predicted octanol–water partition coefficient (Wildman–Crippen LogP) is 3.32. The topological polar surface area (TPSA) is 65.5 Å². The summed E-state index contributed by atoms with van der Waals surface area (Å²) in [7, 11) is -3.40. The smallest absolute Gasteiger partial charge is 0.244 e. The zero-order chi connectivity index (χ0) is 19.1. The van der Waals surface area contributed by atoms with Crippen LogP contribution in [0, 0.1) is 0 Å². The van der Waals surface area contributed by atoms with Crippen molar-refractivity contribution in [2.75, 3.05) is 38.0 Å². The van der Waals surface area contributed by atoms with Crippen LogP contribution in [0.3, 0.4) is 0 Å². The number of nitrogens with one attached hydrogen (secondary N) is 1. The van der Waals surface area contributed by atoms with Crippen molar-refractivity contribution < 1.29 is 8.42 Å². The minimum absolute atomic E-state index is 0.303. The number of likely N-dealkylation sites (tertiary alicyclic amines) is 1. The molecule has 0 aromatic carbocycles. The van der Waals surface area contributed by atoms with Crippen LogP contribution < -0.4 is 5.32 Å². The zero-order valence-electron chi connectivity index (χ0n) is 16.6. The lowest BCUT2D eigenvalue weighted by atomic mass is 10.0. The van der Waals surface area contributed by atoms with E-state index in [-0.39, 0.29) is 0 Å². The molecule has 2 aliphatic heterocycles. The molecule has 2 aliphatic rings. The lowest BCUT2D eigenvalue weighted by molar-refractivity contribution is 0.154. The first-order chi connectivity index (χ1) is 13.1. The van der Waals surface area contributed by atoms with E-state index in [9.17, 15) is 8.42 Å². The highest BCUT2D eigenvalue weighted by molar-refractivity contribution is 7.89. The van der Waals surface area contributed by atoms with Crippen LogP contribution in [0.5, 0.6) is 0 Å². The third-order valence-electron chi connectivity index (χ3n) is 5.76. The van der Waals surface area contributed by atoms with Crippen LogP contribution in [0.15, 0.2) is 23.2 Å². The Morgan fingerprint density at radius 1 is 1.11 bits per heavy atom. The quantitative estimate of drug-likeness (QED) is 0.733. The summed E-state index contributed by atoms with van der Waals surface area (Å²) in [5.41, 5.74) is 0. The maximum atomic E-state index is 12.7. The van der Waals surface area contributed by atoms with E-state index < -0.39 is 10.0 Å². The Labute approximate surface area is 164 Å². The summed E-state index contributed by atoms with van der Waals surface area (Å²) in [6, 6.07) is 4.04. The van der Waals surface area contributed by atoms with Gasteiger partial charge in [-0.3, -0.25) is 4.90 Å². The van der Waals surface area contributed by atoms with E-state index in [1.807, 2.05) is 0 Å². The number of pyridine rings is 1. The van der Waals surface area contributed by atoms with Crippen molar-refractivity contribution in [3.63, 3.8) is 0 Å². The lowest BCUT2D eigenvalue weighted by Gasteiger charge is -2.36. The van der Waals surface area contributed by atoms with Gasteiger partial charge < -0.3 is 5.32 Å². The Balaban J connectivity index is 1.57. The molecule has 0 saturated carbocycles. The molecule has 27 heavy (non-hydrogen) atoms. The van der Waals surface area contributed by atoms with Gasteiger partial charge in [0.1, 0.15) is 10.7 Å². The van der Waals surface area contributed by atoms with Crippen LogP contribution in [-0.4, -0.2) is 61.4 Å². The molecule has 152 valence electrons. The number of nitrogens with zero attached hydrogens (tertiary/aromatic N) is 3. The average molecular weight is 395 g/mol. The number of hydrogen-bond acceptors (Lipinski definition) is 5. The third-order valence-corrected chi connectivity index (χ3v) is 7.64. The maximum Gasteiger partial charge on any atom is 0.244 e.